The lowest BCUT2D eigenvalue weighted by atomic mass is 10.3. The molecule has 0 amide bonds. The van der Waals surface area contributed by atoms with Crippen LogP contribution in [0.1, 0.15) is 13.3 Å². The third kappa shape index (κ3) is 10.1. The van der Waals surface area contributed by atoms with Crippen LogP contribution < -0.4 is 0 Å². The first kappa shape index (κ1) is 13.2. The van der Waals surface area contributed by atoms with Crippen LogP contribution in [0, 0.1) is 0 Å². The van der Waals surface area contributed by atoms with Crippen LogP contribution in [0.2, 0.25) is 0 Å². The summed E-state index contributed by atoms with van der Waals surface area (Å²) in [5.74, 6) is -0.400. The normalized spacial score (nSPS) is 10.8. The number of allylic oxidation sites excluding steroid dienone is 6. The van der Waals surface area contributed by atoms with E-state index in [1.807, 2.05) is 31.2 Å². The second-order valence-corrected chi connectivity index (χ2v) is 2.62. The van der Waals surface area contributed by atoms with Gasteiger partial charge in [-0.1, -0.05) is 36.5 Å². The molecule has 2 nitrogen and oxygen atoms in total. The summed E-state index contributed by atoms with van der Waals surface area (Å²) in [6.45, 7) is 1.99. The number of esters is 1. The van der Waals surface area contributed by atoms with Gasteiger partial charge in [0.25, 0.3) is 0 Å². The predicted molar refractivity (Wildman–Crippen MR) is 62.4 cm³/mol. The molecule has 0 aromatic rings. The summed E-state index contributed by atoms with van der Waals surface area (Å²) in [6, 6.07) is 0. The maximum Gasteiger partial charge on any atom is 0.338 e. The summed E-state index contributed by atoms with van der Waals surface area (Å²) >= 11 is 0. The number of carbonyl (C=O) groups is 1. The molecule has 0 atom stereocenters. The quantitative estimate of drug-likeness (QED) is 0.226. The van der Waals surface area contributed by atoms with Gasteiger partial charge in [-0.05, 0) is 19.4 Å². The van der Waals surface area contributed by atoms with Crippen LogP contribution in [0.25, 0.3) is 0 Å². The van der Waals surface area contributed by atoms with Crippen molar-refractivity contribution in [3.05, 3.63) is 54.3 Å². The molecule has 0 aromatic heterocycles. The van der Waals surface area contributed by atoms with Gasteiger partial charge in [-0.3, -0.25) is 0 Å². The van der Waals surface area contributed by atoms with Gasteiger partial charge in [0.05, 0.1) is 13.2 Å². The van der Waals surface area contributed by atoms with Crippen molar-refractivity contribution < 1.29 is 9.53 Å². The minimum Gasteiger partial charge on any atom is -0.465 e. The van der Waals surface area contributed by atoms with E-state index in [9.17, 15) is 4.79 Å². The molecule has 0 heterocycles. The van der Waals surface area contributed by atoms with Gasteiger partial charge >= 0.3 is 5.97 Å². The van der Waals surface area contributed by atoms with Crippen molar-refractivity contribution in [2.75, 3.05) is 7.11 Å². The highest BCUT2D eigenvalue weighted by atomic mass is 16.5. The minimum absolute atomic E-state index is 0.400. The first-order chi connectivity index (χ1) is 7.31. The van der Waals surface area contributed by atoms with Crippen molar-refractivity contribution in [1.29, 1.82) is 0 Å². The van der Waals surface area contributed by atoms with Crippen molar-refractivity contribution in [1.82, 2.24) is 0 Å². The van der Waals surface area contributed by atoms with E-state index in [-0.39, 0.29) is 0 Å². The molecule has 0 aliphatic rings. The molecule has 0 fully saturated rings. The number of carbonyl (C=O) groups excluding carboxylic acids is 1. The Morgan fingerprint density at radius 3 is 2.73 bits per heavy atom. The Morgan fingerprint density at radius 1 is 1.27 bits per heavy atom. The fourth-order valence-corrected chi connectivity index (χ4v) is 0.722. The molecule has 0 aromatic carbocycles. The first-order valence-corrected chi connectivity index (χ1v) is 4.74. The second kappa shape index (κ2) is 10.3. The van der Waals surface area contributed by atoms with Crippen LogP contribution in [0.15, 0.2) is 54.3 Å². The van der Waals surface area contributed by atoms with Crippen molar-refractivity contribution in [3.8, 4) is 0 Å². The van der Waals surface area contributed by atoms with E-state index in [1.54, 1.807) is 12.2 Å². The molecule has 0 aliphatic carbocycles. The fraction of sp³-hybridized carbons (Fsp3) is 0.231. The summed E-state index contributed by atoms with van der Waals surface area (Å²) in [6.07, 6.45) is 15.6. The van der Waals surface area contributed by atoms with Crippen molar-refractivity contribution >= 4 is 5.97 Å². The molecule has 0 rings (SSSR count). The van der Waals surface area contributed by atoms with Crippen molar-refractivity contribution in [2.45, 2.75) is 13.3 Å². The van der Waals surface area contributed by atoms with Gasteiger partial charge < -0.3 is 4.74 Å². The summed E-state index contributed by atoms with van der Waals surface area (Å²) < 4.78 is 4.40. The lowest BCUT2D eigenvalue weighted by Crippen LogP contribution is -1.91. The van der Waals surface area contributed by atoms with Gasteiger partial charge in [-0.15, -0.1) is 5.73 Å². The van der Waals surface area contributed by atoms with E-state index in [0.29, 0.717) is 0 Å². The molecule has 15 heavy (non-hydrogen) atoms. The Morgan fingerprint density at radius 2 is 2.07 bits per heavy atom. The Kier molecular flexibility index (Phi) is 9.06. The van der Waals surface area contributed by atoms with Gasteiger partial charge in [-0.2, -0.15) is 0 Å². The number of hydrogen-bond acceptors (Lipinski definition) is 2. The zero-order chi connectivity index (χ0) is 11.4. The molecule has 2 heteroatoms. The van der Waals surface area contributed by atoms with E-state index >= 15 is 0 Å². The molecule has 0 bridgehead atoms. The number of methoxy groups -OCH3 is 1. The average Bonchev–Trinajstić information content (AvgIpc) is 2.26. The summed E-state index contributed by atoms with van der Waals surface area (Å²) in [4.78, 5) is 10.6. The zero-order valence-corrected chi connectivity index (χ0v) is 9.14. The van der Waals surface area contributed by atoms with Gasteiger partial charge in [0.15, 0.2) is 0 Å². The second-order valence-electron chi connectivity index (χ2n) is 2.62. The Bertz CT molecular complexity index is 313. The summed E-state index contributed by atoms with van der Waals surface area (Å²) in [7, 11) is 1.33. The highest BCUT2D eigenvalue weighted by molar-refractivity contribution is 5.81. The van der Waals surface area contributed by atoms with E-state index in [1.165, 1.54) is 13.2 Å². The Hall–Kier alpha value is -1.79. The van der Waals surface area contributed by atoms with Crippen molar-refractivity contribution in [2.24, 2.45) is 0 Å². The first-order valence-electron chi connectivity index (χ1n) is 4.74. The van der Waals surface area contributed by atoms with Gasteiger partial charge in [0, 0.05) is 0 Å². The lowest BCUT2D eigenvalue weighted by Gasteiger charge is -1.83. The zero-order valence-electron chi connectivity index (χ0n) is 9.14. The van der Waals surface area contributed by atoms with E-state index in [4.69, 9.17) is 0 Å². The van der Waals surface area contributed by atoms with Crippen LogP contribution in [-0.4, -0.2) is 13.1 Å². The Labute approximate surface area is 90.9 Å². The highest BCUT2D eigenvalue weighted by Crippen LogP contribution is 1.86. The van der Waals surface area contributed by atoms with Crippen LogP contribution in [0.4, 0.5) is 0 Å². The third-order valence-electron chi connectivity index (χ3n) is 1.46. The number of ether oxygens (including phenoxy) is 1. The standard InChI is InChI=1S/C13H16O2/c1-3-4-5-6-7-8-9-10-11-12-13(14)15-2/h3-4,6-10,12H,5H2,1-2H3. The van der Waals surface area contributed by atoms with E-state index in [0.717, 1.165) is 6.42 Å². The highest BCUT2D eigenvalue weighted by Gasteiger charge is 1.85. The molecule has 0 saturated carbocycles. The predicted octanol–water partition coefficient (Wildman–Crippen LogP) is 2.95. The molecule has 0 N–H and O–H groups in total. The maximum absolute atomic E-state index is 10.6. The summed E-state index contributed by atoms with van der Waals surface area (Å²) in [5, 5.41) is 0. The van der Waals surface area contributed by atoms with Crippen LogP contribution in [0.5, 0.6) is 0 Å². The molecule has 0 saturated heterocycles. The molecular weight excluding hydrogens is 188 g/mol. The fourth-order valence-electron chi connectivity index (χ4n) is 0.722. The van der Waals surface area contributed by atoms with Crippen LogP contribution >= 0.6 is 0 Å². The van der Waals surface area contributed by atoms with Gasteiger partial charge in [0.1, 0.15) is 0 Å². The molecular formula is C13H16O2. The minimum atomic E-state index is -0.400. The monoisotopic (exact) mass is 204 g/mol. The molecule has 0 unspecified atom stereocenters. The third-order valence-corrected chi connectivity index (χ3v) is 1.46. The number of hydrogen-bond donors (Lipinski definition) is 0. The van der Waals surface area contributed by atoms with Crippen molar-refractivity contribution in [3.63, 3.8) is 0 Å². The smallest absolute Gasteiger partial charge is 0.338 e. The lowest BCUT2D eigenvalue weighted by molar-refractivity contribution is -0.134. The topological polar surface area (TPSA) is 26.3 Å². The van der Waals surface area contributed by atoms with Gasteiger partial charge in [-0.25, -0.2) is 4.79 Å². The molecule has 80 valence electrons. The number of rotatable bonds is 5. The van der Waals surface area contributed by atoms with Gasteiger partial charge in [0.2, 0.25) is 0 Å². The Balaban J connectivity index is 3.84. The van der Waals surface area contributed by atoms with Crippen LogP contribution in [-0.2, 0) is 9.53 Å². The maximum atomic E-state index is 10.6. The molecule has 0 spiro atoms. The largest absolute Gasteiger partial charge is 0.465 e. The van der Waals surface area contributed by atoms with Crippen LogP contribution in [0.3, 0.4) is 0 Å². The van der Waals surface area contributed by atoms with E-state index in [2.05, 4.69) is 16.5 Å². The van der Waals surface area contributed by atoms with E-state index < -0.39 is 5.97 Å². The SMILES string of the molecule is CC=CCC=CC=CC=C=CC(=O)OC. The summed E-state index contributed by atoms with van der Waals surface area (Å²) in [5.41, 5.74) is 2.68. The molecule has 0 aliphatic heterocycles. The molecule has 0 radical (unpaired) electrons. The average molecular weight is 204 g/mol.